The summed E-state index contributed by atoms with van der Waals surface area (Å²) in [6.45, 7) is 0. The average Bonchev–Trinajstić information content (AvgIpc) is 2.72. The second kappa shape index (κ2) is 8.31. The van der Waals surface area contributed by atoms with E-state index in [0.29, 0.717) is 12.0 Å². The minimum atomic E-state index is -0.803. The number of carbonyl (C=O) groups is 2. The van der Waals surface area contributed by atoms with E-state index in [9.17, 15) is 9.59 Å². The Bertz CT molecular complexity index is 949. The van der Waals surface area contributed by atoms with Crippen LogP contribution in [0.3, 0.4) is 0 Å². The van der Waals surface area contributed by atoms with Gasteiger partial charge in [-0.3, -0.25) is 9.78 Å². The molecule has 1 N–H and O–H groups in total. The molecule has 6 heteroatoms. The first-order valence-corrected chi connectivity index (χ1v) is 8.47. The van der Waals surface area contributed by atoms with Crippen LogP contribution in [0, 0.1) is 0 Å². The van der Waals surface area contributed by atoms with Crippen LogP contribution in [0.1, 0.15) is 15.9 Å². The molecule has 0 spiro atoms. The Morgan fingerprint density at radius 2 is 1.78 bits per heavy atom. The minimum absolute atomic E-state index is 0.311. The zero-order chi connectivity index (χ0) is 19.2. The van der Waals surface area contributed by atoms with Gasteiger partial charge in [0.15, 0.2) is 0 Å². The van der Waals surface area contributed by atoms with Gasteiger partial charge < -0.3 is 14.8 Å². The van der Waals surface area contributed by atoms with Gasteiger partial charge in [-0.15, -0.1) is 0 Å². The third kappa shape index (κ3) is 4.23. The Balaban J connectivity index is 1.83. The number of hydrogen-bond acceptors (Lipinski definition) is 5. The lowest BCUT2D eigenvalue weighted by Gasteiger charge is -2.17. The molecule has 6 nitrogen and oxygen atoms in total. The molecular weight excluding hydrogens is 344 g/mol. The number of esters is 1. The summed E-state index contributed by atoms with van der Waals surface area (Å²) in [4.78, 5) is 29.3. The number of ether oxygens (including phenoxy) is 2. The number of carbonyl (C=O) groups excluding carboxylic acids is 2. The second-order valence-electron chi connectivity index (χ2n) is 5.98. The van der Waals surface area contributed by atoms with Gasteiger partial charge in [0.05, 0.1) is 25.3 Å². The topological polar surface area (TPSA) is 77.5 Å². The zero-order valence-corrected chi connectivity index (χ0v) is 15.1. The number of nitrogens with zero attached hydrogens (tertiary/aromatic N) is 1. The Labute approximate surface area is 157 Å². The first-order valence-electron chi connectivity index (χ1n) is 8.47. The van der Waals surface area contributed by atoms with Crippen molar-refractivity contribution in [3.8, 4) is 5.75 Å². The van der Waals surface area contributed by atoms with Crippen molar-refractivity contribution in [2.75, 3.05) is 14.2 Å². The van der Waals surface area contributed by atoms with Crippen LogP contribution >= 0.6 is 0 Å². The van der Waals surface area contributed by atoms with Gasteiger partial charge in [0, 0.05) is 18.0 Å². The fourth-order valence-electron chi connectivity index (χ4n) is 2.86. The van der Waals surface area contributed by atoms with E-state index >= 15 is 0 Å². The molecule has 1 aromatic heterocycles. The molecule has 0 unspecified atom stereocenters. The third-order valence-corrected chi connectivity index (χ3v) is 4.28. The second-order valence-corrected chi connectivity index (χ2v) is 5.98. The highest BCUT2D eigenvalue weighted by molar-refractivity contribution is 6.07. The van der Waals surface area contributed by atoms with Crippen LogP contribution in [-0.4, -0.2) is 37.1 Å². The lowest BCUT2D eigenvalue weighted by atomic mass is 10.0. The fraction of sp³-hybridized carbons (Fsp3) is 0.190. The average molecular weight is 364 g/mol. The zero-order valence-electron chi connectivity index (χ0n) is 15.1. The largest absolute Gasteiger partial charge is 0.497 e. The van der Waals surface area contributed by atoms with E-state index in [0.717, 1.165) is 22.2 Å². The molecule has 1 heterocycles. The van der Waals surface area contributed by atoms with E-state index in [1.807, 2.05) is 48.5 Å². The minimum Gasteiger partial charge on any atom is -0.497 e. The lowest BCUT2D eigenvalue weighted by molar-refractivity contribution is -0.142. The van der Waals surface area contributed by atoms with Crippen molar-refractivity contribution in [3.63, 3.8) is 0 Å². The highest BCUT2D eigenvalue weighted by Gasteiger charge is 2.23. The molecule has 0 fully saturated rings. The Hall–Kier alpha value is -3.41. The predicted molar refractivity (Wildman–Crippen MR) is 102 cm³/mol. The smallest absolute Gasteiger partial charge is 0.328 e. The van der Waals surface area contributed by atoms with Crippen LogP contribution in [0.4, 0.5) is 0 Å². The quantitative estimate of drug-likeness (QED) is 0.681. The van der Waals surface area contributed by atoms with Crippen molar-refractivity contribution in [2.24, 2.45) is 0 Å². The van der Waals surface area contributed by atoms with Crippen LogP contribution in [0.15, 0.2) is 60.8 Å². The van der Waals surface area contributed by atoms with Crippen LogP contribution in [0.2, 0.25) is 0 Å². The van der Waals surface area contributed by atoms with E-state index in [4.69, 9.17) is 9.47 Å². The molecule has 0 aliphatic rings. The fourth-order valence-corrected chi connectivity index (χ4v) is 2.86. The van der Waals surface area contributed by atoms with Crippen LogP contribution in [0.25, 0.3) is 10.9 Å². The highest BCUT2D eigenvalue weighted by atomic mass is 16.5. The van der Waals surface area contributed by atoms with Crippen molar-refractivity contribution in [1.82, 2.24) is 10.3 Å². The SMILES string of the molecule is COC(=O)[C@@H](Cc1ccc(OC)cc1)NC(=O)c1ccnc2ccccc12. The maximum atomic E-state index is 12.8. The summed E-state index contributed by atoms with van der Waals surface area (Å²) in [5.41, 5.74) is 2.06. The standard InChI is InChI=1S/C21H20N2O4/c1-26-15-9-7-14(8-10-15)13-19(21(25)27-2)23-20(24)17-11-12-22-18-6-4-3-5-16(17)18/h3-12,19H,13H2,1-2H3,(H,23,24)/t19-/m1/s1. The summed E-state index contributed by atoms with van der Waals surface area (Å²) >= 11 is 0. The lowest BCUT2D eigenvalue weighted by Crippen LogP contribution is -2.43. The number of para-hydroxylation sites is 1. The number of hydrogen-bond donors (Lipinski definition) is 1. The molecule has 0 aliphatic carbocycles. The van der Waals surface area contributed by atoms with E-state index in [-0.39, 0.29) is 5.91 Å². The summed E-state index contributed by atoms with van der Waals surface area (Å²) in [6.07, 6.45) is 1.89. The van der Waals surface area contributed by atoms with E-state index < -0.39 is 12.0 Å². The van der Waals surface area contributed by atoms with Crippen LogP contribution < -0.4 is 10.1 Å². The number of methoxy groups -OCH3 is 2. The number of rotatable bonds is 6. The molecule has 138 valence electrons. The summed E-state index contributed by atoms with van der Waals surface area (Å²) in [7, 11) is 2.89. The van der Waals surface area contributed by atoms with Crippen molar-refractivity contribution in [3.05, 3.63) is 71.9 Å². The van der Waals surface area contributed by atoms with Gasteiger partial charge >= 0.3 is 5.97 Å². The maximum Gasteiger partial charge on any atom is 0.328 e. The van der Waals surface area contributed by atoms with Gasteiger partial charge in [0.1, 0.15) is 11.8 Å². The van der Waals surface area contributed by atoms with Gasteiger partial charge in [0.25, 0.3) is 5.91 Å². The van der Waals surface area contributed by atoms with Crippen molar-refractivity contribution in [1.29, 1.82) is 0 Å². The first kappa shape index (κ1) is 18.4. The first-order chi connectivity index (χ1) is 13.1. The number of benzene rings is 2. The summed E-state index contributed by atoms with van der Waals surface area (Å²) in [6, 6.07) is 15.5. The van der Waals surface area contributed by atoms with Crippen LogP contribution in [-0.2, 0) is 16.0 Å². The van der Waals surface area contributed by atoms with Gasteiger partial charge in [-0.1, -0.05) is 30.3 Å². The number of nitrogens with one attached hydrogen (secondary N) is 1. The van der Waals surface area contributed by atoms with Gasteiger partial charge in [-0.05, 0) is 29.8 Å². The molecule has 0 saturated heterocycles. The third-order valence-electron chi connectivity index (χ3n) is 4.28. The summed E-state index contributed by atoms with van der Waals surface area (Å²) in [5.74, 6) is -0.129. The van der Waals surface area contributed by atoms with Crippen molar-refractivity contribution in [2.45, 2.75) is 12.5 Å². The number of fused-ring (bicyclic) bond motifs is 1. The molecule has 27 heavy (non-hydrogen) atoms. The Morgan fingerprint density at radius 3 is 2.48 bits per heavy atom. The number of amides is 1. The van der Waals surface area contributed by atoms with Gasteiger partial charge in [-0.25, -0.2) is 4.79 Å². The molecule has 3 rings (SSSR count). The van der Waals surface area contributed by atoms with Crippen molar-refractivity contribution < 1.29 is 19.1 Å². The van der Waals surface area contributed by atoms with E-state index in [2.05, 4.69) is 10.3 Å². The molecule has 3 aromatic rings. The van der Waals surface area contributed by atoms with Crippen LogP contribution in [0.5, 0.6) is 5.75 Å². The highest BCUT2D eigenvalue weighted by Crippen LogP contribution is 2.17. The molecule has 1 amide bonds. The maximum absolute atomic E-state index is 12.8. The van der Waals surface area contributed by atoms with E-state index in [1.165, 1.54) is 7.11 Å². The van der Waals surface area contributed by atoms with Crippen molar-refractivity contribution >= 4 is 22.8 Å². The molecule has 1 atom stereocenters. The molecule has 0 aliphatic heterocycles. The monoisotopic (exact) mass is 364 g/mol. The van der Waals surface area contributed by atoms with Gasteiger partial charge in [0.2, 0.25) is 0 Å². The number of pyridine rings is 1. The molecule has 0 bridgehead atoms. The van der Waals surface area contributed by atoms with E-state index in [1.54, 1.807) is 19.4 Å². The summed E-state index contributed by atoms with van der Waals surface area (Å²) < 4.78 is 10.0. The summed E-state index contributed by atoms with van der Waals surface area (Å²) in [5, 5.41) is 3.51. The normalized spacial score (nSPS) is 11.6. The molecule has 0 radical (unpaired) electrons. The predicted octanol–water partition coefficient (Wildman–Crippen LogP) is 2.76. The molecular formula is C21H20N2O4. The number of aromatic nitrogens is 1. The Kier molecular flexibility index (Phi) is 5.66. The Morgan fingerprint density at radius 1 is 1.04 bits per heavy atom. The van der Waals surface area contributed by atoms with Gasteiger partial charge in [-0.2, -0.15) is 0 Å². The molecule has 0 saturated carbocycles. The molecule has 2 aromatic carbocycles.